The van der Waals surface area contributed by atoms with Gasteiger partial charge >= 0.3 is 11.9 Å². The Kier molecular flexibility index (Phi) is 9.84. The molecule has 0 radical (unpaired) electrons. The van der Waals surface area contributed by atoms with Crippen molar-refractivity contribution in [2.75, 3.05) is 13.2 Å². The van der Waals surface area contributed by atoms with Crippen LogP contribution in [0.25, 0.3) is 11.1 Å². The van der Waals surface area contributed by atoms with Crippen molar-refractivity contribution >= 4 is 11.9 Å². The molecule has 36 heavy (non-hydrogen) atoms. The van der Waals surface area contributed by atoms with Gasteiger partial charge in [-0.15, -0.1) is 0 Å². The summed E-state index contributed by atoms with van der Waals surface area (Å²) in [5, 5.41) is 8.92. The minimum absolute atomic E-state index is 0.344. The van der Waals surface area contributed by atoms with Gasteiger partial charge in [0.15, 0.2) is 0 Å². The highest BCUT2D eigenvalue weighted by atomic mass is 16.5. The standard InChI is InChI=1S/C30H29NO5/c1-22(2)29(32)35-20-6-4-3-5-19-34-27-15-13-26(14-16-27)30(33)36-28-17-11-25(12-18-28)24-9-7-23(21-31)8-10-24/h7-18H,1,3-6,19-20H2,2H3. The van der Waals surface area contributed by atoms with Crippen LogP contribution in [-0.2, 0) is 9.53 Å². The summed E-state index contributed by atoms with van der Waals surface area (Å²) < 4.78 is 16.3. The number of hydrogen-bond acceptors (Lipinski definition) is 6. The molecule has 0 aromatic heterocycles. The highest BCUT2D eigenvalue weighted by Gasteiger charge is 2.09. The summed E-state index contributed by atoms with van der Waals surface area (Å²) in [6.45, 7) is 6.16. The van der Waals surface area contributed by atoms with Crippen LogP contribution >= 0.6 is 0 Å². The molecular weight excluding hydrogens is 454 g/mol. The third-order valence-electron chi connectivity index (χ3n) is 5.39. The van der Waals surface area contributed by atoms with Gasteiger partial charge in [0.2, 0.25) is 0 Å². The van der Waals surface area contributed by atoms with Crippen LogP contribution < -0.4 is 9.47 Å². The van der Waals surface area contributed by atoms with Crippen molar-refractivity contribution in [2.45, 2.75) is 32.6 Å². The van der Waals surface area contributed by atoms with E-state index in [1.165, 1.54) is 0 Å². The molecule has 6 heteroatoms. The smallest absolute Gasteiger partial charge is 0.343 e. The van der Waals surface area contributed by atoms with Crippen molar-refractivity contribution in [1.29, 1.82) is 5.26 Å². The van der Waals surface area contributed by atoms with Gasteiger partial charge in [0.05, 0.1) is 30.4 Å². The number of nitrogens with zero attached hydrogens (tertiary/aromatic N) is 1. The van der Waals surface area contributed by atoms with Gasteiger partial charge in [0.1, 0.15) is 11.5 Å². The zero-order valence-electron chi connectivity index (χ0n) is 20.4. The first-order valence-electron chi connectivity index (χ1n) is 11.8. The number of carbonyl (C=O) groups is 2. The normalized spacial score (nSPS) is 10.2. The summed E-state index contributed by atoms with van der Waals surface area (Å²) >= 11 is 0. The molecule has 0 spiro atoms. The predicted molar refractivity (Wildman–Crippen MR) is 138 cm³/mol. The fourth-order valence-electron chi connectivity index (χ4n) is 3.34. The maximum atomic E-state index is 12.5. The van der Waals surface area contributed by atoms with Gasteiger partial charge in [-0.2, -0.15) is 5.26 Å². The molecule has 0 heterocycles. The summed E-state index contributed by atoms with van der Waals surface area (Å²) in [5.74, 6) is 0.351. The van der Waals surface area contributed by atoms with Gasteiger partial charge in [0, 0.05) is 5.57 Å². The van der Waals surface area contributed by atoms with Crippen LogP contribution in [0.1, 0.15) is 48.5 Å². The fraction of sp³-hybridized carbons (Fsp3) is 0.233. The van der Waals surface area contributed by atoms with E-state index in [1.54, 1.807) is 55.5 Å². The molecule has 3 aromatic rings. The Hall–Kier alpha value is -4.37. The van der Waals surface area contributed by atoms with E-state index in [2.05, 4.69) is 12.6 Å². The van der Waals surface area contributed by atoms with Crippen molar-refractivity contribution < 1.29 is 23.8 Å². The van der Waals surface area contributed by atoms with E-state index in [0.717, 1.165) is 36.8 Å². The third kappa shape index (κ3) is 8.14. The van der Waals surface area contributed by atoms with Crippen LogP contribution in [0, 0.1) is 11.3 Å². The van der Waals surface area contributed by atoms with Crippen molar-refractivity contribution in [3.63, 3.8) is 0 Å². The van der Waals surface area contributed by atoms with Crippen LogP contribution in [0.15, 0.2) is 84.9 Å². The Morgan fingerprint density at radius 1 is 0.778 bits per heavy atom. The molecule has 3 aromatic carbocycles. The largest absolute Gasteiger partial charge is 0.494 e. The zero-order valence-corrected chi connectivity index (χ0v) is 20.4. The van der Waals surface area contributed by atoms with Crippen LogP contribution in [0.3, 0.4) is 0 Å². The minimum atomic E-state index is -0.444. The monoisotopic (exact) mass is 483 g/mol. The Labute approximate surface area is 211 Å². The molecule has 0 atom stereocenters. The van der Waals surface area contributed by atoms with Crippen molar-refractivity contribution in [1.82, 2.24) is 0 Å². The number of unbranched alkanes of at least 4 members (excludes halogenated alkanes) is 3. The van der Waals surface area contributed by atoms with Gasteiger partial charge in [-0.3, -0.25) is 0 Å². The molecular formula is C30H29NO5. The third-order valence-corrected chi connectivity index (χ3v) is 5.39. The molecule has 0 unspecified atom stereocenters. The summed E-state index contributed by atoms with van der Waals surface area (Å²) in [7, 11) is 0. The summed E-state index contributed by atoms with van der Waals surface area (Å²) in [6, 6.07) is 23.5. The van der Waals surface area contributed by atoms with Gasteiger partial charge in [-0.05, 0) is 92.3 Å². The molecule has 3 rings (SSSR count). The maximum Gasteiger partial charge on any atom is 0.343 e. The van der Waals surface area contributed by atoms with E-state index in [9.17, 15) is 9.59 Å². The Morgan fingerprint density at radius 2 is 1.33 bits per heavy atom. The van der Waals surface area contributed by atoms with Crippen LogP contribution in [0.5, 0.6) is 11.5 Å². The number of hydrogen-bond donors (Lipinski definition) is 0. The molecule has 0 bridgehead atoms. The zero-order chi connectivity index (χ0) is 25.8. The van der Waals surface area contributed by atoms with E-state index < -0.39 is 5.97 Å². The van der Waals surface area contributed by atoms with Gasteiger partial charge in [-0.25, -0.2) is 9.59 Å². The fourth-order valence-corrected chi connectivity index (χ4v) is 3.34. The van der Waals surface area contributed by atoms with Gasteiger partial charge in [-0.1, -0.05) is 30.8 Å². The average Bonchev–Trinajstić information content (AvgIpc) is 2.90. The summed E-state index contributed by atoms with van der Waals surface area (Å²) in [6.07, 6.45) is 3.62. The van der Waals surface area contributed by atoms with E-state index in [4.69, 9.17) is 19.5 Å². The highest BCUT2D eigenvalue weighted by Crippen LogP contribution is 2.23. The van der Waals surface area contributed by atoms with Crippen molar-refractivity contribution in [3.8, 4) is 28.7 Å². The SMILES string of the molecule is C=C(C)C(=O)OCCCCCCOc1ccc(C(=O)Oc2ccc(-c3ccc(C#N)cc3)cc2)cc1. The Morgan fingerprint density at radius 3 is 1.92 bits per heavy atom. The molecule has 0 saturated carbocycles. The second-order valence-electron chi connectivity index (χ2n) is 8.31. The average molecular weight is 484 g/mol. The van der Waals surface area contributed by atoms with Crippen LogP contribution in [0.2, 0.25) is 0 Å². The molecule has 184 valence electrons. The van der Waals surface area contributed by atoms with Gasteiger partial charge in [0.25, 0.3) is 0 Å². The van der Waals surface area contributed by atoms with Crippen LogP contribution in [-0.4, -0.2) is 25.2 Å². The first-order chi connectivity index (χ1) is 17.5. The lowest BCUT2D eigenvalue weighted by molar-refractivity contribution is -0.139. The lowest BCUT2D eigenvalue weighted by Gasteiger charge is -2.08. The maximum absolute atomic E-state index is 12.5. The van der Waals surface area contributed by atoms with E-state index in [1.807, 2.05) is 24.3 Å². The second-order valence-corrected chi connectivity index (χ2v) is 8.31. The van der Waals surface area contributed by atoms with E-state index in [-0.39, 0.29) is 5.97 Å². The molecule has 0 saturated heterocycles. The minimum Gasteiger partial charge on any atom is -0.494 e. The molecule has 6 nitrogen and oxygen atoms in total. The lowest BCUT2D eigenvalue weighted by Crippen LogP contribution is -2.08. The van der Waals surface area contributed by atoms with E-state index >= 15 is 0 Å². The topological polar surface area (TPSA) is 85.6 Å². The first kappa shape index (κ1) is 26.2. The van der Waals surface area contributed by atoms with Gasteiger partial charge < -0.3 is 14.2 Å². The van der Waals surface area contributed by atoms with E-state index in [0.29, 0.717) is 41.4 Å². The molecule has 0 aliphatic rings. The molecule has 0 aliphatic heterocycles. The lowest BCUT2D eigenvalue weighted by atomic mass is 10.0. The number of nitriles is 1. The van der Waals surface area contributed by atoms with Crippen molar-refractivity contribution in [3.05, 3.63) is 96.1 Å². The van der Waals surface area contributed by atoms with Crippen LogP contribution in [0.4, 0.5) is 0 Å². The number of carbonyl (C=O) groups excluding carboxylic acids is 2. The molecule has 0 fully saturated rings. The quantitative estimate of drug-likeness (QED) is 0.126. The second kappa shape index (κ2) is 13.5. The summed E-state index contributed by atoms with van der Waals surface area (Å²) in [4.78, 5) is 23.8. The molecule has 0 aliphatic carbocycles. The molecule has 0 N–H and O–H groups in total. The first-order valence-corrected chi connectivity index (χ1v) is 11.8. The number of ether oxygens (including phenoxy) is 3. The molecule has 0 amide bonds. The highest BCUT2D eigenvalue weighted by molar-refractivity contribution is 5.91. The number of benzene rings is 3. The predicted octanol–water partition coefficient (Wildman–Crippen LogP) is 6.50. The van der Waals surface area contributed by atoms with Crippen molar-refractivity contribution in [2.24, 2.45) is 0 Å². The number of esters is 2. The Bertz CT molecular complexity index is 1210. The number of rotatable bonds is 12. The Balaban J connectivity index is 1.38. The summed E-state index contributed by atoms with van der Waals surface area (Å²) in [5.41, 5.74) is 3.40.